The number of amides is 1. The summed E-state index contributed by atoms with van der Waals surface area (Å²) in [7, 11) is 1.87. The molecule has 0 atom stereocenters. The predicted molar refractivity (Wildman–Crippen MR) is 79.5 cm³/mol. The Morgan fingerprint density at radius 2 is 2.45 bits per heavy atom. The highest BCUT2D eigenvalue weighted by Gasteiger charge is 2.07. The van der Waals surface area contributed by atoms with Crippen LogP contribution in [-0.2, 0) is 13.5 Å². The summed E-state index contributed by atoms with van der Waals surface area (Å²) in [5.41, 5.74) is 6.91. The molecule has 0 spiro atoms. The first-order valence-electron chi connectivity index (χ1n) is 6.23. The second kappa shape index (κ2) is 6.89. The molecular weight excluding hydrogens is 272 g/mol. The zero-order chi connectivity index (χ0) is 14.4. The predicted octanol–water partition coefficient (Wildman–Crippen LogP) is 0.764. The van der Waals surface area contributed by atoms with E-state index in [1.807, 2.05) is 19.3 Å². The highest BCUT2D eigenvalue weighted by molar-refractivity contribution is 7.10. The molecule has 0 aliphatic heterocycles. The minimum Gasteiger partial charge on any atom is -0.352 e. The van der Waals surface area contributed by atoms with E-state index in [9.17, 15) is 4.79 Å². The van der Waals surface area contributed by atoms with E-state index in [1.54, 1.807) is 16.1 Å². The second-order valence-corrected chi connectivity index (χ2v) is 5.10. The number of hydrogen-bond donors (Lipinski definition) is 2. The summed E-state index contributed by atoms with van der Waals surface area (Å²) in [6, 6.07) is 3.72. The quantitative estimate of drug-likeness (QED) is 0.816. The van der Waals surface area contributed by atoms with E-state index in [2.05, 4.69) is 22.3 Å². The molecule has 0 unspecified atom stereocenters. The Morgan fingerprint density at radius 3 is 3.15 bits per heavy atom. The van der Waals surface area contributed by atoms with Crippen LogP contribution in [0.1, 0.15) is 20.9 Å². The zero-order valence-electron chi connectivity index (χ0n) is 11.2. The van der Waals surface area contributed by atoms with E-state index in [-0.39, 0.29) is 5.91 Å². The van der Waals surface area contributed by atoms with Crippen LogP contribution in [0.3, 0.4) is 0 Å². The van der Waals surface area contributed by atoms with Gasteiger partial charge in [0, 0.05) is 31.6 Å². The number of aromatic nitrogens is 2. The Hall–Kier alpha value is -2.10. The number of nitrogens with zero attached hydrogens (tertiary/aromatic N) is 2. The van der Waals surface area contributed by atoms with Crippen molar-refractivity contribution in [3.8, 4) is 11.8 Å². The molecule has 104 valence electrons. The molecule has 5 nitrogen and oxygen atoms in total. The number of rotatable bonds is 4. The molecule has 20 heavy (non-hydrogen) atoms. The highest BCUT2D eigenvalue weighted by Crippen LogP contribution is 2.13. The Kier molecular flexibility index (Phi) is 4.93. The van der Waals surface area contributed by atoms with Crippen LogP contribution in [0.2, 0.25) is 0 Å². The average molecular weight is 288 g/mol. The van der Waals surface area contributed by atoms with Crippen molar-refractivity contribution in [2.45, 2.75) is 6.42 Å². The maximum absolute atomic E-state index is 11.9. The lowest BCUT2D eigenvalue weighted by Gasteiger charge is -2.01. The van der Waals surface area contributed by atoms with Gasteiger partial charge < -0.3 is 11.1 Å². The summed E-state index contributed by atoms with van der Waals surface area (Å²) in [6.07, 6.45) is 2.61. The van der Waals surface area contributed by atoms with E-state index in [0.717, 1.165) is 17.0 Å². The molecule has 2 aromatic heterocycles. The molecular formula is C14H16N4OS. The molecule has 0 radical (unpaired) electrons. The highest BCUT2D eigenvalue weighted by atomic mass is 32.1. The lowest BCUT2D eigenvalue weighted by molar-refractivity contribution is 0.0954. The first-order valence-corrected chi connectivity index (χ1v) is 7.11. The Morgan fingerprint density at radius 1 is 1.60 bits per heavy atom. The smallest absolute Gasteiger partial charge is 0.252 e. The van der Waals surface area contributed by atoms with Gasteiger partial charge in [-0.2, -0.15) is 5.10 Å². The van der Waals surface area contributed by atoms with Gasteiger partial charge in [0.2, 0.25) is 0 Å². The summed E-state index contributed by atoms with van der Waals surface area (Å²) < 4.78 is 1.75. The van der Waals surface area contributed by atoms with Gasteiger partial charge >= 0.3 is 0 Å². The van der Waals surface area contributed by atoms with Crippen molar-refractivity contribution in [3.63, 3.8) is 0 Å². The molecule has 0 bridgehead atoms. The van der Waals surface area contributed by atoms with Crippen molar-refractivity contribution in [1.29, 1.82) is 0 Å². The molecule has 0 saturated heterocycles. The van der Waals surface area contributed by atoms with Crippen molar-refractivity contribution in [1.82, 2.24) is 15.1 Å². The number of hydrogen-bond acceptors (Lipinski definition) is 4. The lowest BCUT2D eigenvalue weighted by atomic mass is 10.2. The van der Waals surface area contributed by atoms with Gasteiger partial charge in [-0.05, 0) is 12.1 Å². The van der Waals surface area contributed by atoms with Crippen LogP contribution in [-0.4, -0.2) is 28.8 Å². The van der Waals surface area contributed by atoms with Gasteiger partial charge in [0.15, 0.2) is 0 Å². The Balaban J connectivity index is 1.84. The van der Waals surface area contributed by atoms with Crippen molar-refractivity contribution in [2.24, 2.45) is 12.8 Å². The normalized spacial score (nSPS) is 9.90. The van der Waals surface area contributed by atoms with Gasteiger partial charge in [-0.25, -0.2) is 0 Å². The largest absolute Gasteiger partial charge is 0.352 e. The zero-order valence-corrected chi connectivity index (χ0v) is 12.0. The van der Waals surface area contributed by atoms with Crippen LogP contribution in [0.25, 0.3) is 0 Å². The van der Waals surface area contributed by atoms with Crippen molar-refractivity contribution < 1.29 is 4.79 Å². The van der Waals surface area contributed by atoms with Crippen LogP contribution in [0.5, 0.6) is 0 Å². The van der Waals surface area contributed by atoms with Gasteiger partial charge in [0.25, 0.3) is 5.91 Å². The summed E-state index contributed by atoms with van der Waals surface area (Å²) >= 11 is 1.45. The molecule has 0 saturated carbocycles. The van der Waals surface area contributed by atoms with Gasteiger partial charge in [-0.1, -0.05) is 11.8 Å². The van der Waals surface area contributed by atoms with E-state index in [4.69, 9.17) is 5.73 Å². The lowest BCUT2D eigenvalue weighted by Crippen LogP contribution is -2.25. The second-order valence-electron chi connectivity index (χ2n) is 4.19. The topological polar surface area (TPSA) is 72.9 Å². The summed E-state index contributed by atoms with van der Waals surface area (Å²) in [5.74, 6) is 5.60. The maximum Gasteiger partial charge on any atom is 0.252 e. The van der Waals surface area contributed by atoms with Crippen LogP contribution in [0, 0.1) is 11.8 Å². The summed E-state index contributed by atoms with van der Waals surface area (Å²) in [6.45, 7) is 0.888. The number of aryl methyl sites for hydroxylation is 1. The summed E-state index contributed by atoms with van der Waals surface area (Å²) in [4.78, 5) is 12.8. The Bertz CT molecular complexity index is 647. The van der Waals surface area contributed by atoms with Crippen LogP contribution in [0.15, 0.2) is 23.7 Å². The number of nitrogens with one attached hydrogen (secondary N) is 1. The van der Waals surface area contributed by atoms with Gasteiger partial charge in [0.05, 0.1) is 22.7 Å². The van der Waals surface area contributed by atoms with Gasteiger partial charge in [-0.15, -0.1) is 11.3 Å². The fraction of sp³-hybridized carbons (Fsp3) is 0.286. The third-order valence-corrected chi connectivity index (χ3v) is 3.46. The molecule has 1 amide bonds. The third kappa shape index (κ3) is 3.95. The number of nitrogens with two attached hydrogens (primary N) is 1. The van der Waals surface area contributed by atoms with Crippen LogP contribution < -0.4 is 11.1 Å². The number of carbonyl (C=O) groups is 1. The number of thiophene rings is 1. The minimum absolute atomic E-state index is 0.0852. The molecule has 0 aliphatic rings. The van der Waals surface area contributed by atoms with Crippen molar-refractivity contribution in [2.75, 3.05) is 13.1 Å². The number of carbonyl (C=O) groups excluding carboxylic acids is 1. The molecule has 2 heterocycles. The van der Waals surface area contributed by atoms with Crippen molar-refractivity contribution >= 4 is 17.2 Å². The monoisotopic (exact) mass is 288 g/mol. The molecule has 0 aromatic carbocycles. The molecule has 0 fully saturated rings. The summed E-state index contributed by atoms with van der Waals surface area (Å²) in [5, 5.41) is 8.93. The molecule has 0 aliphatic carbocycles. The first kappa shape index (κ1) is 14.3. The standard InChI is InChI=1S/C14H16N4OS/c1-18-8-5-12(17-18)4-7-16-14(19)11-9-13(20-10-11)3-2-6-15/h5,8-10H,4,6-7,15H2,1H3,(H,16,19). The molecule has 3 N–H and O–H groups in total. The minimum atomic E-state index is -0.0852. The van der Waals surface area contributed by atoms with E-state index in [0.29, 0.717) is 18.7 Å². The fourth-order valence-corrected chi connectivity index (χ4v) is 2.42. The van der Waals surface area contributed by atoms with Crippen molar-refractivity contribution in [3.05, 3.63) is 39.8 Å². The fourth-order valence-electron chi connectivity index (χ4n) is 1.66. The molecule has 2 rings (SSSR count). The molecule has 2 aromatic rings. The first-order chi connectivity index (χ1) is 9.69. The Labute approximate surface area is 121 Å². The van der Waals surface area contributed by atoms with Gasteiger partial charge in [-0.3, -0.25) is 9.48 Å². The van der Waals surface area contributed by atoms with Crippen LogP contribution in [0.4, 0.5) is 0 Å². The van der Waals surface area contributed by atoms with E-state index >= 15 is 0 Å². The van der Waals surface area contributed by atoms with Gasteiger partial charge in [0.1, 0.15) is 0 Å². The maximum atomic E-state index is 11.9. The van der Waals surface area contributed by atoms with E-state index in [1.165, 1.54) is 11.3 Å². The SMILES string of the molecule is Cn1ccc(CCNC(=O)c2csc(C#CCN)c2)n1. The van der Waals surface area contributed by atoms with Crippen LogP contribution >= 0.6 is 11.3 Å². The van der Waals surface area contributed by atoms with E-state index < -0.39 is 0 Å². The third-order valence-electron chi connectivity index (χ3n) is 2.61. The average Bonchev–Trinajstić information content (AvgIpc) is 3.05. The molecule has 6 heteroatoms.